The number of nitrogens with zero attached hydrogens (tertiary/aromatic N) is 2. The molecule has 1 aliphatic heterocycles. The monoisotopic (exact) mass is 380 g/mol. The maximum Gasteiger partial charge on any atom is 0.410 e. The molecule has 1 aliphatic rings. The van der Waals surface area contributed by atoms with E-state index < -0.39 is 17.7 Å². The number of ether oxygens (including phenoxy) is 2. The van der Waals surface area contributed by atoms with Crippen molar-refractivity contribution < 1.29 is 14.3 Å². The van der Waals surface area contributed by atoms with E-state index in [2.05, 4.69) is 16.9 Å². The first-order valence-corrected chi connectivity index (χ1v) is 9.03. The molecular weight excluding hydrogens is 356 g/mol. The number of hydrogen-bond acceptors (Lipinski definition) is 6. The van der Waals surface area contributed by atoms with Crippen LogP contribution in [0.2, 0.25) is 0 Å². The average molecular weight is 380 g/mol. The zero-order valence-corrected chi connectivity index (χ0v) is 16.2. The van der Waals surface area contributed by atoms with Crippen LogP contribution < -0.4 is 15.6 Å². The number of hydrazine groups is 1. The fourth-order valence-electron chi connectivity index (χ4n) is 3.73. The molecule has 1 fully saturated rings. The van der Waals surface area contributed by atoms with Crippen LogP contribution >= 0.6 is 0 Å². The molecule has 2 atom stereocenters. The molecule has 7 heteroatoms. The van der Waals surface area contributed by atoms with Gasteiger partial charge in [0, 0.05) is 12.2 Å². The second kappa shape index (κ2) is 8.19. The van der Waals surface area contributed by atoms with Crippen molar-refractivity contribution in [3.63, 3.8) is 0 Å². The maximum atomic E-state index is 12.2. The lowest BCUT2D eigenvalue weighted by atomic mass is 9.81. The Balaban J connectivity index is 1.97. The number of benzene rings is 2. The van der Waals surface area contributed by atoms with Crippen molar-refractivity contribution in [2.75, 3.05) is 26.2 Å². The summed E-state index contributed by atoms with van der Waals surface area (Å²) in [6.07, 6.45) is 0.0576. The largest absolute Gasteiger partial charge is 0.497 e. The fraction of sp³-hybridized carbons (Fsp3) is 0.333. The molecule has 0 bridgehead atoms. The highest BCUT2D eigenvalue weighted by Crippen LogP contribution is 2.39. The Hall–Kier alpha value is -3.24. The highest BCUT2D eigenvalue weighted by atomic mass is 16.5. The van der Waals surface area contributed by atoms with E-state index in [1.807, 2.05) is 55.5 Å². The summed E-state index contributed by atoms with van der Waals surface area (Å²) in [6, 6.07) is 16.9. The van der Waals surface area contributed by atoms with E-state index in [1.165, 1.54) is 12.0 Å². The number of nitriles is 1. The fourth-order valence-corrected chi connectivity index (χ4v) is 3.73. The third kappa shape index (κ3) is 3.47. The van der Waals surface area contributed by atoms with Crippen LogP contribution in [0.1, 0.15) is 17.5 Å². The Kier molecular flexibility index (Phi) is 5.71. The maximum absolute atomic E-state index is 12.2. The predicted molar refractivity (Wildman–Crippen MR) is 106 cm³/mol. The summed E-state index contributed by atoms with van der Waals surface area (Å²) in [4.78, 5) is 13.7. The van der Waals surface area contributed by atoms with Gasteiger partial charge in [-0.25, -0.2) is 10.2 Å². The van der Waals surface area contributed by atoms with Crippen molar-refractivity contribution in [3.05, 3.63) is 59.7 Å². The molecule has 0 spiro atoms. The molecule has 1 amide bonds. The summed E-state index contributed by atoms with van der Waals surface area (Å²) in [6.45, 7) is 2.41. The summed E-state index contributed by atoms with van der Waals surface area (Å²) in [5.74, 6) is 0.756. The lowest BCUT2D eigenvalue weighted by Gasteiger charge is -2.36. The first-order chi connectivity index (χ1) is 13.6. The number of amides is 1. The highest BCUT2D eigenvalue weighted by molar-refractivity contribution is 5.69. The molecular formula is C21H24N4O3. The molecule has 1 heterocycles. The van der Waals surface area contributed by atoms with Gasteiger partial charge < -0.3 is 14.9 Å². The van der Waals surface area contributed by atoms with E-state index in [4.69, 9.17) is 9.47 Å². The van der Waals surface area contributed by atoms with E-state index in [-0.39, 0.29) is 0 Å². The number of likely N-dealkylation sites (tertiary alicyclic amines) is 1. The summed E-state index contributed by atoms with van der Waals surface area (Å²) in [5.41, 5.74) is 8.61. The molecule has 0 radical (unpaired) electrons. The number of hydrogen-bond donors (Lipinski definition) is 2. The summed E-state index contributed by atoms with van der Waals surface area (Å²) >= 11 is 0. The molecule has 28 heavy (non-hydrogen) atoms. The van der Waals surface area contributed by atoms with Crippen LogP contribution in [0.3, 0.4) is 0 Å². The molecule has 1 unspecified atom stereocenters. The number of rotatable bonds is 5. The molecule has 2 N–H and O–H groups in total. The normalized spacial score (nSPS) is 21.1. The van der Waals surface area contributed by atoms with Crippen molar-refractivity contribution in [1.82, 2.24) is 10.3 Å². The summed E-state index contributed by atoms with van der Waals surface area (Å²) < 4.78 is 10.1. The molecule has 2 aromatic carbocycles. The van der Waals surface area contributed by atoms with Gasteiger partial charge in [0.25, 0.3) is 0 Å². The van der Waals surface area contributed by atoms with Crippen molar-refractivity contribution >= 4 is 11.8 Å². The van der Waals surface area contributed by atoms with Crippen molar-refractivity contribution in [3.8, 4) is 11.8 Å². The third-order valence-corrected chi connectivity index (χ3v) is 5.20. The third-order valence-electron chi connectivity index (χ3n) is 5.20. The van der Waals surface area contributed by atoms with Gasteiger partial charge in [-0.05, 0) is 48.7 Å². The number of aryl methyl sites for hydroxylation is 1. The topological polar surface area (TPSA) is 86.6 Å². The van der Waals surface area contributed by atoms with Gasteiger partial charge >= 0.3 is 6.09 Å². The van der Waals surface area contributed by atoms with E-state index in [1.54, 1.807) is 7.11 Å². The van der Waals surface area contributed by atoms with Gasteiger partial charge in [0.1, 0.15) is 11.8 Å². The lowest BCUT2D eigenvalue weighted by Crippen LogP contribution is -2.55. The number of methoxy groups -OCH3 is 2. The predicted octanol–water partition coefficient (Wildman–Crippen LogP) is 3.18. The Morgan fingerprint density at radius 2 is 1.93 bits per heavy atom. The van der Waals surface area contributed by atoms with Crippen LogP contribution in [-0.2, 0) is 10.3 Å². The van der Waals surface area contributed by atoms with Crippen LogP contribution in [0.15, 0.2) is 48.5 Å². The Bertz CT molecular complexity index is 878. The molecule has 0 aliphatic carbocycles. The smallest absolute Gasteiger partial charge is 0.410 e. The number of nitrogens with one attached hydrogen (secondary N) is 2. The standard InChI is InChI=1S/C21H24N4O3/c1-15-6-4-5-7-18(15)21(12-13-25(19(21)14-22)20(26)28-3)24-23-16-8-10-17(27-2)11-9-16/h4-11,19,23-24H,12-13H2,1-3H3/t19?,21-/m0/s1. The quantitative estimate of drug-likeness (QED) is 0.775. The molecule has 2 aromatic rings. The number of carbonyl (C=O) groups excluding carboxylic acids is 1. The zero-order chi connectivity index (χ0) is 20.1. The van der Waals surface area contributed by atoms with Gasteiger partial charge in [0.15, 0.2) is 0 Å². The van der Waals surface area contributed by atoms with E-state index in [9.17, 15) is 10.1 Å². The molecule has 0 saturated carbocycles. The minimum atomic E-state index is -0.784. The van der Waals surface area contributed by atoms with Crippen LogP contribution in [0.4, 0.5) is 10.5 Å². The van der Waals surface area contributed by atoms with Gasteiger partial charge in [-0.2, -0.15) is 5.26 Å². The SMILES string of the molecule is COC(=O)N1CC[C@](NNc2ccc(OC)cc2)(c2ccccc2C)C1C#N. The Labute approximate surface area is 164 Å². The van der Waals surface area contributed by atoms with Crippen LogP contribution in [0.25, 0.3) is 0 Å². The first kappa shape index (κ1) is 19.5. The Morgan fingerprint density at radius 1 is 1.21 bits per heavy atom. The van der Waals surface area contributed by atoms with Crippen molar-refractivity contribution in [1.29, 1.82) is 5.26 Å². The van der Waals surface area contributed by atoms with Crippen molar-refractivity contribution in [2.45, 2.75) is 24.9 Å². The average Bonchev–Trinajstić information content (AvgIpc) is 3.11. The lowest BCUT2D eigenvalue weighted by molar-refractivity contribution is 0.119. The van der Waals surface area contributed by atoms with E-state index in [0.717, 1.165) is 22.6 Å². The first-order valence-electron chi connectivity index (χ1n) is 9.03. The van der Waals surface area contributed by atoms with Gasteiger partial charge in [-0.15, -0.1) is 0 Å². The second-order valence-electron chi connectivity index (χ2n) is 6.71. The van der Waals surface area contributed by atoms with Crippen LogP contribution in [0, 0.1) is 18.3 Å². The summed E-state index contributed by atoms with van der Waals surface area (Å²) in [5, 5.41) is 9.95. The van der Waals surface area contributed by atoms with E-state index in [0.29, 0.717) is 13.0 Å². The van der Waals surface area contributed by atoms with Gasteiger partial charge in [0.05, 0.1) is 25.8 Å². The van der Waals surface area contributed by atoms with Gasteiger partial charge in [-0.3, -0.25) is 4.90 Å². The highest BCUT2D eigenvalue weighted by Gasteiger charge is 2.52. The minimum absolute atomic E-state index is 0.413. The molecule has 146 valence electrons. The van der Waals surface area contributed by atoms with Gasteiger partial charge in [-0.1, -0.05) is 24.3 Å². The minimum Gasteiger partial charge on any atom is -0.497 e. The molecule has 1 saturated heterocycles. The number of carbonyl (C=O) groups is 1. The summed E-state index contributed by atoms with van der Waals surface area (Å²) in [7, 11) is 2.94. The molecule has 7 nitrogen and oxygen atoms in total. The zero-order valence-electron chi connectivity index (χ0n) is 16.2. The van der Waals surface area contributed by atoms with Gasteiger partial charge in [0.2, 0.25) is 0 Å². The number of anilines is 1. The molecule has 3 rings (SSSR count). The van der Waals surface area contributed by atoms with Crippen LogP contribution in [0.5, 0.6) is 5.75 Å². The van der Waals surface area contributed by atoms with Crippen LogP contribution in [-0.4, -0.2) is 37.8 Å². The molecule has 0 aromatic heterocycles. The second-order valence-corrected chi connectivity index (χ2v) is 6.71. The van der Waals surface area contributed by atoms with E-state index >= 15 is 0 Å². The Morgan fingerprint density at radius 3 is 2.54 bits per heavy atom. The van der Waals surface area contributed by atoms with Crippen molar-refractivity contribution in [2.24, 2.45) is 0 Å².